The van der Waals surface area contributed by atoms with Crippen LogP contribution in [0.2, 0.25) is 0 Å². The first-order valence-electron chi connectivity index (χ1n) is 6.37. The Labute approximate surface area is 104 Å². The SMILES string of the molecule is [2H]c1cc(C(C)(C)C)nc[n+]1Cc1ccccc1. The lowest BCUT2D eigenvalue weighted by Crippen LogP contribution is -2.35. The van der Waals surface area contributed by atoms with Gasteiger partial charge < -0.3 is 0 Å². The Bertz CT molecular complexity index is 530. The van der Waals surface area contributed by atoms with Crippen molar-refractivity contribution in [3.8, 4) is 0 Å². The highest BCUT2D eigenvalue weighted by molar-refractivity contribution is 5.13. The predicted octanol–water partition coefficient (Wildman–Crippen LogP) is 2.71. The summed E-state index contributed by atoms with van der Waals surface area (Å²) in [5.41, 5.74) is 2.12. The second kappa shape index (κ2) is 4.66. The molecule has 0 radical (unpaired) electrons. The minimum absolute atomic E-state index is 0.0123. The third kappa shape index (κ3) is 3.13. The smallest absolute Gasteiger partial charge is 0.233 e. The highest BCUT2D eigenvalue weighted by Gasteiger charge is 2.19. The van der Waals surface area contributed by atoms with Crippen molar-refractivity contribution in [2.75, 3.05) is 0 Å². The van der Waals surface area contributed by atoms with E-state index in [9.17, 15) is 0 Å². The van der Waals surface area contributed by atoms with E-state index in [1.807, 2.05) is 28.8 Å². The van der Waals surface area contributed by atoms with E-state index >= 15 is 0 Å². The van der Waals surface area contributed by atoms with Gasteiger partial charge in [0.2, 0.25) is 0 Å². The third-order valence-electron chi connectivity index (χ3n) is 2.67. The Balaban J connectivity index is 2.26. The van der Waals surface area contributed by atoms with E-state index in [1.165, 1.54) is 5.56 Å². The van der Waals surface area contributed by atoms with Crippen molar-refractivity contribution in [1.82, 2.24) is 4.98 Å². The molecule has 0 N–H and O–H groups in total. The molecule has 0 spiro atoms. The van der Waals surface area contributed by atoms with E-state index < -0.39 is 0 Å². The lowest BCUT2D eigenvalue weighted by atomic mass is 9.92. The molecule has 17 heavy (non-hydrogen) atoms. The maximum absolute atomic E-state index is 8.06. The van der Waals surface area contributed by atoms with Crippen LogP contribution in [0.5, 0.6) is 0 Å². The highest BCUT2D eigenvalue weighted by Crippen LogP contribution is 2.17. The molecular weight excluding hydrogens is 208 g/mol. The average molecular weight is 228 g/mol. The van der Waals surface area contributed by atoms with Crippen LogP contribution in [-0.2, 0) is 12.0 Å². The maximum atomic E-state index is 8.06. The van der Waals surface area contributed by atoms with Crippen molar-refractivity contribution in [1.29, 1.82) is 0 Å². The molecule has 2 aromatic rings. The van der Waals surface area contributed by atoms with Gasteiger partial charge in [-0.1, -0.05) is 56.1 Å². The maximum Gasteiger partial charge on any atom is 0.286 e. The lowest BCUT2D eigenvalue weighted by Gasteiger charge is -2.12. The van der Waals surface area contributed by atoms with Gasteiger partial charge in [-0.05, 0) is 5.56 Å². The van der Waals surface area contributed by atoms with Gasteiger partial charge in [0.1, 0.15) is 7.92 Å². The summed E-state index contributed by atoms with van der Waals surface area (Å²) in [6, 6.07) is 12.0. The first-order valence-corrected chi connectivity index (χ1v) is 5.87. The lowest BCUT2D eigenvalue weighted by molar-refractivity contribution is -0.691. The van der Waals surface area contributed by atoms with Crippen molar-refractivity contribution >= 4 is 0 Å². The van der Waals surface area contributed by atoms with E-state index in [0.717, 1.165) is 5.69 Å². The zero-order valence-electron chi connectivity index (χ0n) is 11.6. The molecule has 0 saturated carbocycles. The summed E-state index contributed by atoms with van der Waals surface area (Å²) in [5.74, 6) is 0. The molecule has 0 saturated heterocycles. The summed E-state index contributed by atoms with van der Waals surface area (Å²) >= 11 is 0. The van der Waals surface area contributed by atoms with Crippen LogP contribution in [-0.4, -0.2) is 4.98 Å². The summed E-state index contributed by atoms with van der Waals surface area (Å²) in [5, 5.41) is 0. The van der Waals surface area contributed by atoms with Gasteiger partial charge in [0.05, 0.1) is 6.17 Å². The number of hydrogen-bond acceptors (Lipinski definition) is 1. The Morgan fingerprint density at radius 3 is 2.47 bits per heavy atom. The second-order valence-electron chi connectivity index (χ2n) is 5.27. The molecule has 1 heterocycles. The van der Waals surface area contributed by atoms with E-state index in [0.29, 0.717) is 12.7 Å². The Hall–Kier alpha value is -1.70. The highest BCUT2D eigenvalue weighted by atomic mass is 15.0. The predicted molar refractivity (Wildman–Crippen MR) is 68.7 cm³/mol. The summed E-state index contributed by atoms with van der Waals surface area (Å²) in [6.45, 7) is 7.01. The molecule has 0 amide bonds. The molecule has 1 aromatic carbocycles. The first-order chi connectivity index (χ1) is 8.47. The molecule has 0 aliphatic rings. The number of benzene rings is 1. The van der Waals surface area contributed by atoms with Crippen LogP contribution in [0.4, 0.5) is 0 Å². The second-order valence-corrected chi connectivity index (χ2v) is 5.27. The zero-order valence-corrected chi connectivity index (χ0v) is 10.6. The molecule has 2 nitrogen and oxygen atoms in total. The van der Waals surface area contributed by atoms with E-state index in [2.05, 4.69) is 37.9 Å². The van der Waals surface area contributed by atoms with Gasteiger partial charge in [-0.15, -0.1) is 0 Å². The molecule has 0 unspecified atom stereocenters. The average Bonchev–Trinajstić information content (AvgIpc) is 2.32. The van der Waals surface area contributed by atoms with Crippen LogP contribution >= 0.6 is 0 Å². The molecular formula is C15H19N2+. The van der Waals surface area contributed by atoms with Crippen LogP contribution in [0.1, 0.15) is 33.4 Å². The van der Waals surface area contributed by atoms with Crippen LogP contribution in [0.25, 0.3) is 0 Å². The molecule has 2 rings (SSSR count). The van der Waals surface area contributed by atoms with Crippen molar-refractivity contribution in [2.24, 2.45) is 0 Å². The van der Waals surface area contributed by atoms with Crippen LogP contribution < -0.4 is 4.57 Å². The first kappa shape index (κ1) is 10.5. The Morgan fingerprint density at radius 2 is 1.88 bits per heavy atom. The van der Waals surface area contributed by atoms with Crippen molar-refractivity contribution in [3.63, 3.8) is 0 Å². The largest absolute Gasteiger partial charge is 0.286 e. The molecule has 0 bridgehead atoms. The van der Waals surface area contributed by atoms with Crippen molar-refractivity contribution < 1.29 is 5.94 Å². The number of rotatable bonds is 2. The monoisotopic (exact) mass is 228 g/mol. The molecule has 2 heteroatoms. The van der Waals surface area contributed by atoms with Gasteiger partial charge in [-0.25, -0.2) is 4.57 Å². The van der Waals surface area contributed by atoms with Gasteiger partial charge in [0.15, 0.2) is 5.69 Å². The van der Waals surface area contributed by atoms with Crippen LogP contribution in [0.3, 0.4) is 0 Å². The minimum Gasteiger partial charge on any atom is -0.233 e. The Kier molecular flexibility index (Phi) is 2.87. The van der Waals surface area contributed by atoms with Gasteiger partial charge in [0, 0.05) is 11.5 Å². The van der Waals surface area contributed by atoms with E-state index in [4.69, 9.17) is 1.37 Å². The van der Waals surface area contributed by atoms with Gasteiger partial charge >= 0.3 is 0 Å². The van der Waals surface area contributed by atoms with E-state index in [-0.39, 0.29) is 5.41 Å². The summed E-state index contributed by atoms with van der Waals surface area (Å²) in [7, 11) is 0. The quantitative estimate of drug-likeness (QED) is 0.722. The van der Waals surface area contributed by atoms with Crippen LogP contribution in [0, 0.1) is 0 Å². The van der Waals surface area contributed by atoms with Crippen molar-refractivity contribution in [3.05, 3.63) is 60.2 Å². The number of aromatic nitrogens is 2. The fraction of sp³-hybridized carbons (Fsp3) is 0.333. The summed E-state index contributed by atoms with van der Waals surface area (Å²) in [6.07, 6.45) is 2.26. The fourth-order valence-electron chi connectivity index (χ4n) is 1.62. The van der Waals surface area contributed by atoms with Crippen molar-refractivity contribution in [2.45, 2.75) is 32.7 Å². The molecule has 0 atom stereocenters. The molecule has 0 fully saturated rings. The number of hydrogen-bond donors (Lipinski definition) is 0. The van der Waals surface area contributed by atoms with E-state index in [1.54, 1.807) is 6.33 Å². The standard InChI is InChI=1S/C15H19N2/c1-15(2,3)14-9-10-17(12-16-14)11-13-7-5-4-6-8-13/h4-10,12H,11H2,1-3H3/q+1/i10D. The van der Waals surface area contributed by atoms with Crippen LogP contribution in [0.15, 0.2) is 48.9 Å². The zero-order chi connectivity index (χ0) is 13.2. The van der Waals surface area contributed by atoms with Gasteiger partial charge in [0.25, 0.3) is 6.33 Å². The van der Waals surface area contributed by atoms with Gasteiger partial charge in [-0.3, -0.25) is 0 Å². The molecule has 88 valence electrons. The Morgan fingerprint density at radius 1 is 1.18 bits per heavy atom. The molecule has 1 aromatic heterocycles. The third-order valence-corrected chi connectivity index (χ3v) is 2.67. The minimum atomic E-state index is -0.0123. The summed E-state index contributed by atoms with van der Waals surface area (Å²) < 4.78 is 9.92. The number of nitrogens with zero attached hydrogens (tertiary/aromatic N) is 2. The topological polar surface area (TPSA) is 16.8 Å². The molecule has 0 aliphatic heterocycles. The fourth-order valence-corrected chi connectivity index (χ4v) is 1.62. The normalized spacial score (nSPS) is 12.3. The molecule has 0 aliphatic carbocycles. The van der Waals surface area contributed by atoms with Gasteiger partial charge in [-0.2, -0.15) is 0 Å². The summed E-state index contributed by atoms with van der Waals surface area (Å²) in [4.78, 5) is 4.45.